The Morgan fingerprint density at radius 3 is 3.00 bits per heavy atom. The molecule has 2 fully saturated rings. The molecule has 114 valence electrons. The molecule has 2 heterocycles. The summed E-state index contributed by atoms with van der Waals surface area (Å²) in [4.78, 5) is 14.8. The van der Waals surface area contributed by atoms with Gasteiger partial charge in [0.25, 0.3) is 0 Å². The van der Waals surface area contributed by atoms with Crippen LogP contribution in [-0.4, -0.2) is 29.9 Å². The lowest BCUT2D eigenvalue weighted by atomic mass is 9.91. The van der Waals surface area contributed by atoms with Crippen molar-refractivity contribution in [1.82, 2.24) is 10.2 Å². The fourth-order valence-corrected chi connectivity index (χ4v) is 3.68. The first-order valence-corrected chi connectivity index (χ1v) is 7.94. The van der Waals surface area contributed by atoms with Crippen molar-refractivity contribution in [3.63, 3.8) is 0 Å². The summed E-state index contributed by atoms with van der Waals surface area (Å²) >= 11 is 0. The summed E-state index contributed by atoms with van der Waals surface area (Å²) < 4.78 is 13.4. The number of piperidine rings is 1. The van der Waals surface area contributed by atoms with Crippen LogP contribution in [0, 0.1) is 11.7 Å². The van der Waals surface area contributed by atoms with E-state index in [0.29, 0.717) is 6.04 Å². The number of carbonyl (C=O) groups excluding carboxylic acids is 1. The average Bonchev–Trinajstić information content (AvgIpc) is 2.96. The smallest absolute Gasteiger partial charge is 0.226 e. The number of nitrogens with zero attached hydrogens (tertiary/aromatic N) is 1. The summed E-state index contributed by atoms with van der Waals surface area (Å²) in [6.45, 7) is 3.85. The van der Waals surface area contributed by atoms with E-state index in [1.165, 1.54) is 6.07 Å². The van der Waals surface area contributed by atoms with E-state index in [0.717, 1.165) is 44.3 Å². The molecule has 4 heteroatoms. The molecular weight excluding hydrogens is 267 g/mol. The molecule has 2 aliphatic heterocycles. The fraction of sp³-hybridized carbons (Fsp3) is 0.588. The second-order valence-electron chi connectivity index (χ2n) is 6.32. The van der Waals surface area contributed by atoms with Crippen molar-refractivity contribution < 1.29 is 9.18 Å². The van der Waals surface area contributed by atoms with Gasteiger partial charge in [-0.05, 0) is 56.8 Å². The highest BCUT2D eigenvalue weighted by Crippen LogP contribution is 2.34. The number of carbonyl (C=O) groups is 1. The zero-order valence-corrected chi connectivity index (χ0v) is 12.5. The van der Waals surface area contributed by atoms with Crippen LogP contribution in [0.3, 0.4) is 0 Å². The minimum Gasteiger partial charge on any atom is -0.335 e. The molecule has 3 atom stereocenters. The first kappa shape index (κ1) is 14.5. The van der Waals surface area contributed by atoms with Crippen molar-refractivity contribution >= 4 is 5.91 Å². The van der Waals surface area contributed by atoms with E-state index < -0.39 is 0 Å². The molecule has 1 N–H and O–H groups in total. The summed E-state index contributed by atoms with van der Waals surface area (Å²) in [7, 11) is 0. The number of rotatable bonds is 2. The molecule has 2 aliphatic rings. The number of halogens is 1. The van der Waals surface area contributed by atoms with Crippen LogP contribution in [0.15, 0.2) is 24.3 Å². The summed E-state index contributed by atoms with van der Waals surface area (Å²) in [6.07, 6.45) is 3.77. The Morgan fingerprint density at radius 2 is 2.24 bits per heavy atom. The molecule has 0 aromatic heterocycles. The third kappa shape index (κ3) is 3.10. The topological polar surface area (TPSA) is 32.3 Å². The van der Waals surface area contributed by atoms with Gasteiger partial charge in [0.05, 0.1) is 6.04 Å². The normalized spacial score (nSPS) is 29.6. The maximum Gasteiger partial charge on any atom is 0.226 e. The number of likely N-dealkylation sites (tertiary alicyclic amines) is 1. The van der Waals surface area contributed by atoms with Gasteiger partial charge in [0.2, 0.25) is 5.91 Å². The Kier molecular flexibility index (Phi) is 4.24. The number of hydrogen-bond donors (Lipinski definition) is 1. The predicted molar refractivity (Wildman–Crippen MR) is 80.3 cm³/mol. The SMILES string of the molecule is C[C@H]1C[C@@H](C(=O)N2CCCC2c2cccc(F)c2)CCN1. The van der Waals surface area contributed by atoms with Crippen molar-refractivity contribution in [2.24, 2.45) is 5.92 Å². The molecule has 0 spiro atoms. The highest BCUT2D eigenvalue weighted by Gasteiger charge is 2.35. The summed E-state index contributed by atoms with van der Waals surface area (Å²) in [5.74, 6) is 0.160. The van der Waals surface area contributed by atoms with E-state index in [9.17, 15) is 9.18 Å². The van der Waals surface area contributed by atoms with Crippen LogP contribution in [0.2, 0.25) is 0 Å². The minimum atomic E-state index is -0.220. The lowest BCUT2D eigenvalue weighted by molar-refractivity contribution is -0.137. The van der Waals surface area contributed by atoms with Gasteiger partial charge in [-0.1, -0.05) is 12.1 Å². The molecule has 3 rings (SSSR count). The largest absolute Gasteiger partial charge is 0.335 e. The molecule has 1 aromatic rings. The van der Waals surface area contributed by atoms with Crippen LogP contribution in [0.1, 0.15) is 44.2 Å². The Bertz CT molecular complexity index is 519. The van der Waals surface area contributed by atoms with Crippen LogP contribution >= 0.6 is 0 Å². The van der Waals surface area contributed by atoms with Crippen LogP contribution < -0.4 is 5.32 Å². The molecule has 3 nitrogen and oxygen atoms in total. The van der Waals surface area contributed by atoms with Crippen molar-refractivity contribution in [3.8, 4) is 0 Å². The van der Waals surface area contributed by atoms with Gasteiger partial charge in [-0.3, -0.25) is 4.79 Å². The zero-order valence-electron chi connectivity index (χ0n) is 12.5. The maximum atomic E-state index is 13.4. The Balaban J connectivity index is 1.75. The monoisotopic (exact) mass is 290 g/mol. The molecule has 1 amide bonds. The third-order valence-electron chi connectivity index (χ3n) is 4.74. The number of amides is 1. The van der Waals surface area contributed by atoms with Gasteiger partial charge in [-0.2, -0.15) is 0 Å². The molecule has 2 saturated heterocycles. The second kappa shape index (κ2) is 6.14. The molecule has 0 saturated carbocycles. The standard InChI is InChI=1S/C17H23FN2O/c1-12-10-14(7-8-19-12)17(21)20-9-3-6-16(20)13-4-2-5-15(18)11-13/h2,4-5,11-12,14,16,19H,3,6-10H2,1H3/t12-,14-,16?/m0/s1. The molecule has 0 aliphatic carbocycles. The number of nitrogens with one attached hydrogen (secondary N) is 1. The number of hydrogen-bond acceptors (Lipinski definition) is 2. The summed E-state index contributed by atoms with van der Waals surface area (Å²) in [5.41, 5.74) is 0.933. The van der Waals surface area contributed by atoms with E-state index in [1.54, 1.807) is 12.1 Å². The minimum absolute atomic E-state index is 0.0541. The molecule has 1 aromatic carbocycles. The molecule has 0 radical (unpaired) electrons. The van der Waals surface area contributed by atoms with E-state index >= 15 is 0 Å². The van der Waals surface area contributed by atoms with Gasteiger partial charge < -0.3 is 10.2 Å². The molecule has 0 bridgehead atoms. The first-order chi connectivity index (χ1) is 10.1. The van der Waals surface area contributed by atoms with Crippen LogP contribution in [-0.2, 0) is 4.79 Å². The van der Waals surface area contributed by atoms with Crippen molar-refractivity contribution in [2.75, 3.05) is 13.1 Å². The van der Waals surface area contributed by atoms with Crippen LogP contribution in [0.4, 0.5) is 4.39 Å². The van der Waals surface area contributed by atoms with Crippen molar-refractivity contribution in [1.29, 1.82) is 0 Å². The van der Waals surface area contributed by atoms with Gasteiger partial charge in [0.1, 0.15) is 5.82 Å². The van der Waals surface area contributed by atoms with Gasteiger partial charge in [0.15, 0.2) is 0 Å². The predicted octanol–water partition coefficient (Wildman–Crippen LogP) is 2.88. The summed E-state index contributed by atoms with van der Waals surface area (Å²) in [6, 6.07) is 7.16. The molecule has 1 unspecified atom stereocenters. The third-order valence-corrected chi connectivity index (χ3v) is 4.74. The lowest BCUT2D eigenvalue weighted by Crippen LogP contribution is -2.44. The van der Waals surface area contributed by atoms with Crippen LogP contribution in [0.25, 0.3) is 0 Å². The fourth-order valence-electron chi connectivity index (χ4n) is 3.68. The molecule has 21 heavy (non-hydrogen) atoms. The Morgan fingerprint density at radius 1 is 1.38 bits per heavy atom. The maximum absolute atomic E-state index is 13.4. The van der Waals surface area contributed by atoms with E-state index in [2.05, 4.69) is 12.2 Å². The lowest BCUT2D eigenvalue weighted by Gasteiger charge is -2.33. The second-order valence-corrected chi connectivity index (χ2v) is 6.32. The van der Waals surface area contributed by atoms with E-state index in [1.807, 2.05) is 11.0 Å². The van der Waals surface area contributed by atoms with Crippen LogP contribution in [0.5, 0.6) is 0 Å². The average molecular weight is 290 g/mol. The van der Waals surface area contributed by atoms with E-state index in [4.69, 9.17) is 0 Å². The van der Waals surface area contributed by atoms with Gasteiger partial charge in [-0.25, -0.2) is 4.39 Å². The number of benzene rings is 1. The first-order valence-electron chi connectivity index (χ1n) is 7.94. The van der Waals surface area contributed by atoms with Gasteiger partial charge >= 0.3 is 0 Å². The zero-order chi connectivity index (χ0) is 14.8. The Labute approximate surface area is 125 Å². The van der Waals surface area contributed by atoms with Gasteiger partial charge in [-0.15, -0.1) is 0 Å². The van der Waals surface area contributed by atoms with Crippen molar-refractivity contribution in [2.45, 2.75) is 44.7 Å². The van der Waals surface area contributed by atoms with Gasteiger partial charge in [0, 0.05) is 18.5 Å². The van der Waals surface area contributed by atoms with Crippen molar-refractivity contribution in [3.05, 3.63) is 35.6 Å². The quantitative estimate of drug-likeness (QED) is 0.908. The summed E-state index contributed by atoms with van der Waals surface area (Å²) in [5, 5.41) is 3.39. The highest BCUT2D eigenvalue weighted by atomic mass is 19.1. The molecular formula is C17H23FN2O. The van der Waals surface area contributed by atoms with E-state index in [-0.39, 0.29) is 23.7 Å². The highest BCUT2D eigenvalue weighted by molar-refractivity contribution is 5.79. The Hall–Kier alpha value is -1.42.